The average Bonchev–Trinajstić information content (AvgIpc) is 2.56. The molecule has 2 unspecified atom stereocenters. The highest BCUT2D eigenvalue weighted by atomic mass is 16.3. The molecular weight excluding hydrogens is 288 g/mol. The number of rotatable bonds is 3. The number of phenols is 1. The summed E-state index contributed by atoms with van der Waals surface area (Å²) in [5.74, 6) is 1.78. The lowest BCUT2D eigenvalue weighted by molar-refractivity contribution is 0.189. The summed E-state index contributed by atoms with van der Waals surface area (Å²) in [6.07, 6.45) is 11.0. The number of aliphatic hydroxyl groups is 2. The molecule has 1 aromatic rings. The van der Waals surface area contributed by atoms with Crippen LogP contribution in [-0.4, -0.2) is 15.3 Å². The minimum absolute atomic E-state index is 0.112. The van der Waals surface area contributed by atoms with E-state index >= 15 is 0 Å². The van der Waals surface area contributed by atoms with Gasteiger partial charge in [-0.25, -0.2) is 0 Å². The van der Waals surface area contributed by atoms with Crippen LogP contribution in [0.5, 0.6) is 5.75 Å². The minimum atomic E-state index is -0.112. The molecule has 3 N–H and O–H groups in total. The molecule has 3 rings (SSSR count). The highest BCUT2D eigenvalue weighted by Gasteiger charge is 2.42. The molecule has 0 amide bonds. The summed E-state index contributed by atoms with van der Waals surface area (Å²) in [7, 11) is 0. The van der Waals surface area contributed by atoms with Crippen molar-refractivity contribution in [3.63, 3.8) is 0 Å². The maximum Gasteiger partial charge on any atom is 0.115 e. The molecule has 0 radical (unpaired) electrons. The molecule has 0 aliphatic heterocycles. The van der Waals surface area contributed by atoms with Gasteiger partial charge in [-0.05, 0) is 67.0 Å². The van der Waals surface area contributed by atoms with Gasteiger partial charge in [-0.2, -0.15) is 0 Å². The molecule has 0 aromatic heterocycles. The fourth-order valence-corrected chi connectivity index (χ4v) is 3.99. The van der Waals surface area contributed by atoms with E-state index in [1.165, 1.54) is 5.56 Å². The van der Waals surface area contributed by atoms with Gasteiger partial charge in [-0.1, -0.05) is 25.1 Å². The summed E-state index contributed by atoms with van der Waals surface area (Å²) in [4.78, 5) is 0. The molecule has 0 saturated carbocycles. The summed E-state index contributed by atoms with van der Waals surface area (Å²) in [6, 6.07) is 7.48. The zero-order valence-electron chi connectivity index (χ0n) is 13.4. The molecule has 122 valence electrons. The van der Waals surface area contributed by atoms with E-state index in [1.807, 2.05) is 24.3 Å². The SMILES string of the molecule is C[C@](c1ccc(O)cc1)(C1C=CC(O)=CC1)C1CC=C(O)CC1. The third-order valence-electron chi connectivity index (χ3n) is 5.57. The van der Waals surface area contributed by atoms with Gasteiger partial charge >= 0.3 is 0 Å². The van der Waals surface area contributed by atoms with E-state index in [4.69, 9.17) is 0 Å². The fourth-order valence-electron chi connectivity index (χ4n) is 3.99. The van der Waals surface area contributed by atoms with Crippen molar-refractivity contribution >= 4 is 0 Å². The number of hydrogen-bond donors (Lipinski definition) is 3. The molecule has 1 aromatic carbocycles. The highest BCUT2D eigenvalue weighted by molar-refractivity contribution is 5.36. The van der Waals surface area contributed by atoms with Crippen LogP contribution < -0.4 is 0 Å². The second-order valence-electron chi connectivity index (χ2n) is 6.83. The third-order valence-corrected chi connectivity index (χ3v) is 5.57. The summed E-state index contributed by atoms with van der Waals surface area (Å²) in [5, 5.41) is 29.0. The van der Waals surface area contributed by atoms with Crippen molar-refractivity contribution in [3.05, 3.63) is 65.7 Å². The number of aromatic hydroxyl groups is 1. The number of phenolic OH excluding ortho intramolecular Hbond substituents is 1. The molecule has 2 aliphatic rings. The normalized spacial score (nSPS) is 27.0. The summed E-state index contributed by atoms with van der Waals surface area (Å²) >= 11 is 0. The second kappa shape index (κ2) is 6.15. The summed E-state index contributed by atoms with van der Waals surface area (Å²) in [6.45, 7) is 2.27. The van der Waals surface area contributed by atoms with Gasteiger partial charge in [0.2, 0.25) is 0 Å². The van der Waals surface area contributed by atoms with Crippen LogP contribution in [0.3, 0.4) is 0 Å². The first-order valence-electron chi connectivity index (χ1n) is 8.25. The lowest BCUT2D eigenvalue weighted by atomic mass is 9.59. The Bertz CT molecular complexity index is 654. The Morgan fingerprint density at radius 2 is 1.74 bits per heavy atom. The molecule has 0 saturated heterocycles. The van der Waals surface area contributed by atoms with Crippen molar-refractivity contribution in [2.75, 3.05) is 0 Å². The van der Waals surface area contributed by atoms with Crippen LogP contribution in [0.15, 0.2) is 60.1 Å². The van der Waals surface area contributed by atoms with E-state index in [9.17, 15) is 15.3 Å². The molecule has 3 nitrogen and oxygen atoms in total. The van der Waals surface area contributed by atoms with Gasteiger partial charge in [-0.3, -0.25) is 0 Å². The molecule has 3 atom stereocenters. The van der Waals surface area contributed by atoms with Crippen molar-refractivity contribution in [2.45, 2.75) is 38.0 Å². The van der Waals surface area contributed by atoms with Crippen molar-refractivity contribution in [2.24, 2.45) is 11.8 Å². The predicted octanol–water partition coefficient (Wildman–Crippen LogP) is 4.91. The Labute approximate surface area is 137 Å². The van der Waals surface area contributed by atoms with Gasteiger partial charge in [0.05, 0.1) is 5.76 Å². The van der Waals surface area contributed by atoms with Crippen LogP contribution in [-0.2, 0) is 5.41 Å². The Morgan fingerprint density at radius 3 is 2.30 bits per heavy atom. The smallest absolute Gasteiger partial charge is 0.115 e. The molecule has 0 heterocycles. The van der Waals surface area contributed by atoms with Gasteiger partial charge in [0.1, 0.15) is 11.5 Å². The molecular formula is C20H24O3. The number of hydrogen-bond acceptors (Lipinski definition) is 3. The van der Waals surface area contributed by atoms with Gasteiger partial charge < -0.3 is 15.3 Å². The number of aliphatic hydroxyl groups excluding tert-OH is 2. The molecule has 0 fully saturated rings. The van der Waals surface area contributed by atoms with E-state index in [1.54, 1.807) is 18.2 Å². The largest absolute Gasteiger partial charge is 0.513 e. The maximum absolute atomic E-state index is 9.72. The first kappa shape index (κ1) is 15.7. The third kappa shape index (κ3) is 3.00. The van der Waals surface area contributed by atoms with E-state index in [2.05, 4.69) is 13.0 Å². The van der Waals surface area contributed by atoms with Crippen molar-refractivity contribution < 1.29 is 15.3 Å². The van der Waals surface area contributed by atoms with Crippen LogP contribution in [0.1, 0.15) is 38.2 Å². The summed E-state index contributed by atoms with van der Waals surface area (Å²) < 4.78 is 0. The van der Waals surface area contributed by atoms with E-state index in [-0.39, 0.29) is 17.1 Å². The Morgan fingerprint density at radius 1 is 1.00 bits per heavy atom. The van der Waals surface area contributed by atoms with Gasteiger partial charge in [0, 0.05) is 11.8 Å². The van der Waals surface area contributed by atoms with Crippen LogP contribution in [0.4, 0.5) is 0 Å². The second-order valence-corrected chi connectivity index (χ2v) is 6.83. The Hall–Kier alpha value is -2.16. The van der Waals surface area contributed by atoms with Gasteiger partial charge in [-0.15, -0.1) is 0 Å². The number of benzene rings is 1. The minimum Gasteiger partial charge on any atom is -0.513 e. The lowest BCUT2D eigenvalue weighted by Crippen LogP contribution is -2.40. The zero-order chi connectivity index (χ0) is 16.4. The molecule has 2 aliphatic carbocycles. The maximum atomic E-state index is 9.72. The van der Waals surface area contributed by atoms with Crippen LogP contribution in [0.25, 0.3) is 0 Å². The zero-order valence-corrected chi connectivity index (χ0v) is 13.4. The van der Waals surface area contributed by atoms with Crippen LogP contribution in [0.2, 0.25) is 0 Å². The lowest BCUT2D eigenvalue weighted by Gasteiger charge is -2.45. The van der Waals surface area contributed by atoms with Crippen molar-refractivity contribution in [1.29, 1.82) is 0 Å². The van der Waals surface area contributed by atoms with Gasteiger partial charge in [0.25, 0.3) is 0 Å². The Kier molecular flexibility index (Phi) is 4.20. The van der Waals surface area contributed by atoms with E-state index < -0.39 is 0 Å². The van der Waals surface area contributed by atoms with E-state index in [0.717, 1.165) is 25.7 Å². The first-order chi connectivity index (χ1) is 11.0. The summed E-state index contributed by atoms with van der Waals surface area (Å²) in [5.41, 5.74) is 1.08. The van der Waals surface area contributed by atoms with E-state index in [0.29, 0.717) is 17.4 Å². The molecule has 23 heavy (non-hydrogen) atoms. The standard InChI is InChI=1S/C20H24O3/c1-20(14-2-8-17(21)9-3-14,15-4-10-18(22)11-5-15)16-6-12-19(23)13-7-16/h2-4,8-12,15-16,21-23H,5-7,13H2,1H3/t15?,16?,20-/m0/s1. The predicted molar refractivity (Wildman–Crippen MR) is 91.5 cm³/mol. The average molecular weight is 312 g/mol. The monoisotopic (exact) mass is 312 g/mol. The number of allylic oxidation sites excluding steroid dienone is 5. The quantitative estimate of drug-likeness (QED) is 0.743. The van der Waals surface area contributed by atoms with Crippen molar-refractivity contribution in [1.82, 2.24) is 0 Å². The first-order valence-corrected chi connectivity index (χ1v) is 8.25. The molecule has 3 heteroatoms. The van der Waals surface area contributed by atoms with Crippen molar-refractivity contribution in [3.8, 4) is 5.75 Å². The molecule has 0 spiro atoms. The van der Waals surface area contributed by atoms with Gasteiger partial charge in [0.15, 0.2) is 0 Å². The van der Waals surface area contributed by atoms with Crippen LogP contribution in [0, 0.1) is 11.8 Å². The fraction of sp³-hybridized carbons (Fsp3) is 0.400. The topological polar surface area (TPSA) is 60.7 Å². The molecule has 0 bridgehead atoms. The Balaban J connectivity index is 1.99. The highest BCUT2D eigenvalue weighted by Crippen LogP contribution is 2.48. The van der Waals surface area contributed by atoms with Crippen LogP contribution >= 0.6 is 0 Å².